The zero-order valence-corrected chi connectivity index (χ0v) is 18.3. The van der Waals surface area contributed by atoms with Crippen molar-refractivity contribution < 1.29 is 14.3 Å². The molecule has 2 bridgehead atoms. The number of nitrogens with zero attached hydrogens (tertiary/aromatic N) is 1. The molecule has 5 nitrogen and oxygen atoms in total. The molecule has 5 heteroatoms. The van der Waals surface area contributed by atoms with Gasteiger partial charge in [0.15, 0.2) is 0 Å². The Morgan fingerprint density at radius 3 is 2.45 bits per heavy atom. The van der Waals surface area contributed by atoms with Gasteiger partial charge in [0.2, 0.25) is 11.8 Å². The van der Waals surface area contributed by atoms with Crippen LogP contribution >= 0.6 is 0 Å². The van der Waals surface area contributed by atoms with E-state index in [1.165, 1.54) is 18.4 Å². The second kappa shape index (κ2) is 7.19. The number of benzene rings is 1. The molecule has 0 radical (unpaired) electrons. The molecule has 2 amide bonds. The quantitative estimate of drug-likeness (QED) is 0.757. The second-order valence-corrected chi connectivity index (χ2v) is 10.3. The Balaban J connectivity index is 1.39. The van der Waals surface area contributed by atoms with Gasteiger partial charge in [-0.1, -0.05) is 67.7 Å². The average molecular weight is 421 g/mol. The van der Waals surface area contributed by atoms with E-state index >= 15 is 0 Å². The molecule has 4 fully saturated rings. The fraction of sp³-hybridized carbons (Fsp3) is 0.615. The van der Waals surface area contributed by atoms with E-state index < -0.39 is 11.6 Å². The fourth-order valence-corrected chi connectivity index (χ4v) is 7.00. The van der Waals surface area contributed by atoms with Gasteiger partial charge in [0.05, 0.1) is 12.0 Å². The Morgan fingerprint density at radius 2 is 1.74 bits per heavy atom. The van der Waals surface area contributed by atoms with Crippen LogP contribution in [-0.2, 0) is 14.3 Å². The van der Waals surface area contributed by atoms with E-state index in [2.05, 4.69) is 48.7 Å². The van der Waals surface area contributed by atoms with E-state index in [9.17, 15) is 9.59 Å². The van der Waals surface area contributed by atoms with Crippen LogP contribution in [0.3, 0.4) is 0 Å². The molecule has 0 aromatic heterocycles. The lowest BCUT2D eigenvalue weighted by Crippen LogP contribution is -2.57. The van der Waals surface area contributed by atoms with E-state index in [1.807, 2.05) is 4.90 Å². The van der Waals surface area contributed by atoms with Gasteiger partial charge in [0, 0.05) is 18.0 Å². The van der Waals surface area contributed by atoms with Crippen molar-refractivity contribution in [3.63, 3.8) is 0 Å². The summed E-state index contributed by atoms with van der Waals surface area (Å²) in [5.74, 6) is -0.225. The summed E-state index contributed by atoms with van der Waals surface area (Å²) in [7, 11) is 0. The van der Waals surface area contributed by atoms with Gasteiger partial charge in [-0.15, -0.1) is 0 Å². The highest BCUT2D eigenvalue weighted by Gasteiger charge is 2.72. The number of carbonyl (C=O) groups is 2. The minimum Gasteiger partial charge on any atom is -0.359 e. The van der Waals surface area contributed by atoms with Gasteiger partial charge in [-0.25, -0.2) is 0 Å². The number of ether oxygens (including phenoxy) is 1. The van der Waals surface area contributed by atoms with Gasteiger partial charge >= 0.3 is 0 Å². The molecule has 1 N–H and O–H groups in total. The van der Waals surface area contributed by atoms with Crippen LogP contribution in [0.2, 0.25) is 0 Å². The Bertz CT molecular complexity index is 913. The number of aryl methyl sites for hydroxylation is 1. The average Bonchev–Trinajstić information content (AvgIpc) is 3.57. The largest absolute Gasteiger partial charge is 0.359 e. The summed E-state index contributed by atoms with van der Waals surface area (Å²) in [6.07, 6.45) is 12.7. The molecule has 31 heavy (non-hydrogen) atoms. The second-order valence-electron chi connectivity index (χ2n) is 10.3. The molecule has 1 aromatic carbocycles. The maximum absolute atomic E-state index is 14.0. The summed E-state index contributed by atoms with van der Waals surface area (Å²) in [4.78, 5) is 29.7. The summed E-state index contributed by atoms with van der Waals surface area (Å²) in [6.45, 7) is 2.08. The zero-order chi connectivity index (χ0) is 21.2. The van der Waals surface area contributed by atoms with Crippen molar-refractivity contribution >= 4 is 11.8 Å². The number of hydrogen-bond donors (Lipinski definition) is 1. The number of fused-ring (bicyclic) bond motifs is 1. The number of hydrogen-bond acceptors (Lipinski definition) is 3. The molecule has 0 unspecified atom stereocenters. The van der Waals surface area contributed by atoms with Crippen LogP contribution in [0.5, 0.6) is 0 Å². The van der Waals surface area contributed by atoms with Gasteiger partial charge in [-0.2, -0.15) is 0 Å². The lowest BCUT2D eigenvalue weighted by atomic mass is 9.72. The number of rotatable bonds is 4. The summed E-state index contributed by atoms with van der Waals surface area (Å²) in [6, 6.07) is 8.31. The van der Waals surface area contributed by atoms with Crippen molar-refractivity contribution in [1.82, 2.24) is 10.2 Å². The van der Waals surface area contributed by atoms with Crippen LogP contribution in [0, 0.1) is 12.8 Å². The molecule has 5 aliphatic rings. The van der Waals surface area contributed by atoms with Crippen molar-refractivity contribution in [2.75, 3.05) is 0 Å². The normalized spacial score (nSPS) is 37.2. The Hall–Kier alpha value is -2.14. The van der Waals surface area contributed by atoms with Gasteiger partial charge in [-0.05, 0) is 38.2 Å². The summed E-state index contributed by atoms with van der Waals surface area (Å²) >= 11 is 0. The van der Waals surface area contributed by atoms with Crippen LogP contribution in [0.4, 0.5) is 0 Å². The molecule has 3 heterocycles. The van der Waals surface area contributed by atoms with Gasteiger partial charge in [0.25, 0.3) is 0 Å². The number of carbonyl (C=O) groups excluding carboxylic acids is 2. The Labute approximate surface area is 184 Å². The lowest BCUT2D eigenvalue weighted by Gasteiger charge is -2.36. The molecule has 2 aliphatic carbocycles. The Morgan fingerprint density at radius 1 is 1.06 bits per heavy atom. The first kappa shape index (κ1) is 19.5. The molecule has 3 aliphatic heterocycles. The van der Waals surface area contributed by atoms with Gasteiger partial charge < -0.3 is 15.0 Å². The zero-order valence-electron chi connectivity index (χ0n) is 18.3. The molecule has 1 spiro atoms. The van der Waals surface area contributed by atoms with Gasteiger partial charge in [0.1, 0.15) is 11.6 Å². The summed E-state index contributed by atoms with van der Waals surface area (Å²) in [5, 5.41) is 3.30. The lowest BCUT2D eigenvalue weighted by molar-refractivity contribution is -0.142. The fourth-order valence-electron chi connectivity index (χ4n) is 7.00. The molecule has 6 rings (SSSR count). The van der Waals surface area contributed by atoms with Crippen molar-refractivity contribution in [3.8, 4) is 0 Å². The Kier molecular flexibility index (Phi) is 4.53. The summed E-state index contributed by atoms with van der Waals surface area (Å²) in [5.41, 5.74) is 1.52. The molecular weight excluding hydrogens is 388 g/mol. The van der Waals surface area contributed by atoms with E-state index in [4.69, 9.17) is 4.74 Å². The van der Waals surface area contributed by atoms with Crippen LogP contribution < -0.4 is 5.32 Å². The molecule has 1 aromatic rings. The number of nitrogens with one attached hydrogen (secondary N) is 1. The minimum atomic E-state index is -0.831. The summed E-state index contributed by atoms with van der Waals surface area (Å²) < 4.78 is 6.61. The van der Waals surface area contributed by atoms with E-state index in [-0.39, 0.29) is 41.8 Å². The highest BCUT2D eigenvalue weighted by molar-refractivity contribution is 5.97. The van der Waals surface area contributed by atoms with Crippen molar-refractivity contribution in [1.29, 1.82) is 0 Å². The maximum atomic E-state index is 14.0. The molecule has 164 valence electrons. The molecule has 2 saturated heterocycles. The predicted molar refractivity (Wildman–Crippen MR) is 117 cm³/mol. The first-order valence-electron chi connectivity index (χ1n) is 12.1. The first-order chi connectivity index (χ1) is 15.1. The highest BCUT2D eigenvalue weighted by Crippen LogP contribution is 2.59. The molecule has 2 saturated carbocycles. The molecule has 5 atom stereocenters. The van der Waals surface area contributed by atoms with Crippen LogP contribution in [0.15, 0.2) is 36.4 Å². The SMILES string of the molecule is Cc1ccc([C@H]2[C@H]3C(=O)N(C4CCCC4)[C@H](C(=O)NC4CCCC4)[C@]34C=C[C@H]2O4)cc1. The smallest absolute Gasteiger partial charge is 0.246 e. The van der Waals surface area contributed by atoms with Crippen molar-refractivity contribution in [2.45, 2.75) is 94.0 Å². The number of amides is 2. The highest BCUT2D eigenvalue weighted by atomic mass is 16.5. The van der Waals surface area contributed by atoms with Crippen LogP contribution in [0.25, 0.3) is 0 Å². The third-order valence-corrected chi connectivity index (χ3v) is 8.44. The third-order valence-electron chi connectivity index (χ3n) is 8.44. The maximum Gasteiger partial charge on any atom is 0.246 e. The first-order valence-corrected chi connectivity index (χ1v) is 12.1. The monoisotopic (exact) mass is 420 g/mol. The minimum absolute atomic E-state index is 0.00972. The van der Waals surface area contributed by atoms with E-state index in [0.717, 1.165) is 44.1 Å². The third kappa shape index (κ3) is 2.85. The van der Waals surface area contributed by atoms with Crippen LogP contribution in [0.1, 0.15) is 68.4 Å². The standard InChI is InChI=1S/C26H32N2O3/c1-16-10-12-17(13-11-16)21-20-14-15-26(31-20)22(21)25(30)28(19-8-4-5-9-19)23(26)24(29)27-18-6-2-3-7-18/h10-15,18-23H,2-9H2,1H3,(H,27,29)/t20-,21-,22+,23-,26+/m1/s1. The van der Waals surface area contributed by atoms with Gasteiger partial charge in [-0.3, -0.25) is 9.59 Å². The van der Waals surface area contributed by atoms with E-state index in [0.29, 0.717) is 0 Å². The number of likely N-dealkylation sites (tertiary alicyclic amines) is 1. The molecular formula is C26H32N2O3. The predicted octanol–water partition coefficient (Wildman–Crippen LogP) is 3.61. The topological polar surface area (TPSA) is 58.6 Å². The van der Waals surface area contributed by atoms with Crippen molar-refractivity contribution in [2.24, 2.45) is 5.92 Å². The van der Waals surface area contributed by atoms with Crippen LogP contribution in [-0.4, -0.2) is 46.5 Å². The van der Waals surface area contributed by atoms with Crippen molar-refractivity contribution in [3.05, 3.63) is 47.5 Å². The van der Waals surface area contributed by atoms with E-state index in [1.54, 1.807) is 0 Å².